The summed E-state index contributed by atoms with van der Waals surface area (Å²) in [6.07, 6.45) is 0. The van der Waals surface area contributed by atoms with E-state index in [9.17, 15) is 0 Å². The van der Waals surface area contributed by atoms with Gasteiger partial charge in [-0.05, 0) is 32.4 Å². The fraction of sp³-hybridized carbons (Fsp3) is 0.286. The number of hydrogen-bond acceptors (Lipinski definition) is 4. The molecule has 0 aliphatic rings. The molecule has 3 nitrogen and oxygen atoms in total. The Labute approximate surface area is 122 Å². The third-order valence-electron chi connectivity index (χ3n) is 2.90. The van der Waals surface area contributed by atoms with Crippen LogP contribution in [0.25, 0.3) is 0 Å². The van der Waals surface area contributed by atoms with Gasteiger partial charge in [0.15, 0.2) is 0 Å². The van der Waals surface area contributed by atoms with Crippen LogP contribution >= 0.6 is 23.6 Å². The Balaban J connectivity index is 2.14. The van der Waals surface area contributed by atoms with Crippen molar-refractivity contribution in [2.24, 2.45) is 5.73 Å². The molecule has 0 aliphatic carbocycles. The van der Waals surface area contributed by atoms with E-state index in [1.807, 2.05) is 32.0 Å². The molecule has 0 saturated heterocycles. The number of hydrogen-bond donors (Lipinski definition) is 1. The standard InChI is InChI=1S/C14H16N2OS2/c1-8-4-5-11(14(15)18)6-12(8)17-7-13-16-9(2)10(3)19-13/h4-6H,7H2,1-3H3,(H2,15,18). The van der Waals surface area contributed by atoms with Crippen LogP contribution < -0.4 is 10.5 Å². The molecule has 2 N–H and O–H groups in total. The Bertz CT molecular complexity index is 600. The van der Waals surface area contributed by atoms with Gasteiger partial charge in [-0.25, -0.2) is 4.98 Å². The van der Waals surface area contributed by atoms with Gasteiger partial charge in [0.05, 0.1) is 5.69 Å². The Morgan fingerprint density at radius 1 is 1.37 bits per heavy atom. The van der Waals surface area contributed by atoms with Crippen molar-refractivity contribution in [3.05, 3.63) is 44.9 Å². The summed E-state index contributed by atoms with van der Waals surface area (Å²) in [6, 6.07) is 5.75. The van der Waals surface area contributed by atoms with Gasteiger partial charge in [0.25, 0.3) is 0 Å². The fourth-order valence-electron chi connectivity index (χ4n) is 1.65. The smallest absolute Gasteiger partial charge is 0.140 e. The predicted molar refractivity (Wildman–Crippen MR) is 83.0 cm³/mol. The predicted octanol–water partition coefficient (Wildman–Crippen LogP) is 3.28. The SMILES string of the molecule is Cc1ccc(C(N)=S)cc1OCc1nc(C)c(C)s1. The topological polar surface area (TPSA) is 48.1 Å². The number of rotatable bonds is 4. The van der Waals surface area contributed by atoms with Crippen LogP contribution in [0.1, 0.15) is 26.7 Å². The highest BCUT2D eigenvalue weighted by Gasteiger charge is 2.07. The van der Waals surface area contributed by atoms with Crippen LogP contribution in [0.2, 0.25) is 0 Å². The molecule has 1 heterocycles. The van der Waals surface area contributed by atoms with Crippen molar-refractivity contribution in [1.29, 1.82) is 0 Å². The van der Waals surface area contributed by atoms with Crippen molar-refractivity contribution in [2.75, 3.05) is 0 Å². The van der Waals surface area contributed by atoms with Gasteiger partial charge >= 0.3 is 0 Å². The van der Waals surface area contributed by atoms with Gasteiger partial charge in [-0.1, -0.05) is 24.4 Å². The van der Waals surface area contributed by atoms with E-state index in [0.717, 1.165) is 27.6 Å². The number of thiocarbonyl (C=S) groups is 1. The van der Waals surface area contributed by atoms with E-state index in [4.69, 9.17) is 22.7 Å². The number of thiazole rings is 1. The lowest BCUT2D eigenvalue weighted by Gasteiger charge is -2.09. The molecule has 19 heavy (non-hydrogen) atoms. The first-order chi connectivity index (χ1) is 8.97. The monoisotopic (exact) mass is 292 g/mol. The summed E-state index contributed by atoms with van der Waals surface area (Å²) in [5.41, 5.74) is 8.58. The Morgan fingerprint density at radius 2 is 2.11 bits per heavy atom. The largest absolute Gasteiger partial charge is 0.486 e. The normalized spacial score (nSPS) is 10.5. The average Bonchev–Trinajstić information content (AvgIpc) is 2.67. The van der Waals surface area contributed by atoms with E-state index in [-0.39, 0.29) is 0 Å². The van der Waals surface area contributed by atoms with Crippen LogP contribution in [0.15, 0.2) is 18.2 Å². The molecule has 2 rings (SSSR count). The Kier molecular flexibility index (Phi) is 4.17. The summed E-state index contributed by atoms with van der Waals surface area (Å²) < 4.78 is 5.81. The number of nitrogens with two attached hydrogens (primary N) is 1. The maximum absolute atomic E-state index is 5.81. The van der Waals surface area contributed by atoms with Crippen LogP contribution in [-0.2, 0) is 6.61 Å². The zero-order valence-electron chi connectivity index (χ0n) is 11.2. The number of benzene rings is 1. The molecule has 0 spiro atoms. The van der Waals surface area contributed by atoms with Crippen molar-refractivity contribution in [3.8, 4) is 5.75 Å². The van der Waals surface area contributed by atoms with Crippen LogP contribution in [0, 0.1) is 20.8 Å². The molecule has 0 aliphatic heterocycles. The van der Waals surface area contributed by atoms with Crippen LogP contribution in [0.4, 0.5) is 0 Å². The molecule has 0 radical (unpaired) electrons. The third kappa shape index (κ3) is 3.30. The molecular weight excluding hydrogens is 276 g/mol. The zero-order chi connectivity index (χ0) is 14.0. The van der Waals surface area contributed by atoms with E-state index in [0.29, 0.717) is 11.6 Å². The minimum atomic E-state index is 0.380. The van der Waals surface area contributed by atoms with Gasteiger partial charge in [0.1, 0.15) is 22.4 Å². The Hall–Kier alpha value is -1.46. The van der Waals surface area contributed by atoms with Crippen molar-refractivity contribution in [2.45, 2.75) is 27.4 Å². The zero-order valence-corrected chi connectivity index (χ0v) is 12.8. The molecule has 0 bridgehead atoms. The summed E-state index contributed by atoms with van der Waals surface area (Å²) in [5, 5.41) is 0.982. The van der Waals surface area contributed by atoms with Gasteiger partial charge in [-0.3, -0.25) is 0 Å². The van der Waals surface area contributed by atoms with Gasteiger partial charge in [-0.2, -0.15) is 0 Å². The minimum Gasteiger partial charge on any atom is -0.486 e. The third-order valence-corrected chi connectivity index (χ3v) is 4.18. The van der Waals surface area contributed by atoms with E-state index in [2.05, 4.69) is 11.9 Å². The maximum atomic E-state index is 5.81. The van der Waals surface area contributed by atoms with Gasteiger partial charge < -0.3 is 10.5 Å². The van der Waals surface area contributed by atoms with E-state index < -0.39 is 0 Å². The molecule has 0 unspecified atom stereocenters. The maximum Gasteiger partial charge on any atom is 0.140 e. The first kappa shape index (κ1) is 14.0. The second-order valence-corrected chi connectivity index (χ2v) is 6.11. The average molecular weight is 292 g/mol. The summed E-state index contributed by atoms with van der Waals surface area (Å²) in [5.74, 6) is 0.802. The lowest BCUT2D eigenvalue weighted by atomic mass is 10.1. The van der Waals surface area contributed by atoms with Crippen molar-refractivity contribution in [3.63, 3.8) is 0 Å². The highest BCUT2D eigenvalue weighted by Crippen LogP contribution is 2.23. The molecule has 5 heteroatoms. The number of nitrogens with zero attached hydrogens (tertiary/aromatic N) is 1. The van der Waals surface area contributed by atoms with Gasteiger partial charge in [-0.15, -0.1) is 11.3 Å². The quantitative estimate of drug-likeness (QED) is 0.879. The second-order valence-electron chi connectivity index (χ2n) is 4.38. The first-order valence-corrected chi connectivity index (χ1v) is 7.16. The Morgan fingerprint density at radius 3 is 2.68 bits per heavy atom. The number of aromatic nitrogens is 1. The van der Waals surface area contributed by atoms with Crippen LogP contribution in [0.5, 0.6) is 5.75 Å². The highest BCUT2D eigenvalue weighted by molar-refractivity contribution is 7.80. The summed E-state index contributed by atoms with van der Waals surface area (Å²) >= 11 is 6.64. The molecule has 0 atom stereocenters. The number of ether oxygens (including phenoxy) is 1. The first-order valence-electron chi connectivity index (χ1n) is 5.93. The van der Waals surface area contributed by atoms with Crippen LogP contribution in [0.3, 0.4) is 0 Å². The van der Waals surface area contributed by atoms with Gasteiger partial charge in [0.2, 0.25) is 0 Å². The summed E-state index contributed by atoms with van der Waals surface area (Å²) in [7, 11) is 0. The van der Waals surface area contributed by atoms with Crippen molar-refractivity contribution < 1.29 is 4.74 Å². The molecule has 0 saturated carbocycles. The minimum absolute atomic E-state index is 0.380. The lowest BCUT2D eigenvalue weighted by Crippen LogP contribution is -2.09. The van der Waals surface area contributed by atoms with E-state index >= 15 is 0 Å². The molecule has 1 aromatic carbocycles. The molecule has 0 fully saturated rings. The molecule has 100 valence electrons. The van der Waals surface area contributed by atoms with Gasteiger partial charge in [0, 0.05) is 10.4 Å². The highest BCUT2D eigenvalue weighted by atomic mass is 32.1. The fourth-order valence-corrected chi connectivity index (χ4v) is 2.62. The second kappa shape index (κ2) is 5.67. The van der Waals surface area contributed by atoms with Crippen LogP contribution in [-0.4, -0.2) is 9.97 Å². The number of aryl methyl sites for hydroxylation is 3. The molecular formula is C14H16N2OS2. The lowest BCUT2D eigenvalue weighted by molar-refractivity contribution is 0.303. The molecule has 0 amide bonds. The summed E-state index contributed by atoms with van der Waals surface area (Å²) in [4.78, 5) is 6.06. The van der Waals surface area contributed by atoms with E-state index in [1.54, 1.807) is 11.3 Å². The molecule has 2 aromatic rings. The van der Waals surface area contributed by atoms with Crippen molar-refractivity contribution >= 4 is 28.5 Å². The molecule has 1 aromatic heterocycles. The van der Waals surface area contributed by atoms with Crippen molar-refractivity contribution in [1.82, 2.24) is 4.98 Å². The summed E-state index contributed by atoms with van der Waals surface area (Å²) in [6.45, 7) is 6.54. The van der Waals surface area contributed by atoms with E-state index in [1.165, 1.54) is 4.88 Å².